The zero-order valence-corrected chi connectivity index (χ0v) is 8.86. The fraction of sp³-hybridized carbons (Fsp3) is 0.727. The zero-order chi connectivity index (χ0) is 10.1. The average molecular weight is 194 g/mol. The summed E-state index contributed by atoms with van der Waals surface area (Å²) < 4.78 is 0. The molecule has 2 aliphatic rings. The molecule has 2 rings (SSSR count). The van der Waals surface area contributed by atoms with Crippen LogP contribution in [0.2, 0.25) is 0 Å². The Morgan fingerprint density at radius 1 is 1.57 bits per heavy atom. The molecule has 0 aromatic rings. The van der Waals surface area contributed by atoms with Crippen LogP contribution in [0.1, 0.15) is 12.8 Å². The normalized spacial score (nSPS) is 33.7. The number of carbonyl (C=O) groups is 1. The van der Waals surface area contributed by atoms with Gasteiger partial charge in [-0.15, -0.1) is 0 Å². The third kappa shape index (κ3) is 1.69. The van der Waals surface area contributed by atoms with Crippen molar-refractivity contribution < 1.29 is 4.79 Å². The van der Waals surface area contributed by atoms with Crippen molar-refractivity contribution in [2.45, 2.75) is 18.9 Å². The molecular weight excluding hydrogens is 176 g/mol. The highest BCUT2D eigenvalue weighted by Crippen LogP contribution is 2.42. The molecule has 0 bridgehead atoms. The van der Waals surface area contributed by atoms with Crippen LogP contribution in [0.5, 0.6) is 0 Å². The molecule has 0 saturated heterocycles. The number of rotatable bonds is 3. The molecule has 3 unspecified atom stereocenters. The summed E-state index contributed by atoms with van der Waals surface area (Å²) in [4.78, 5) is 13.0. The van der Waals surface area contributed by atoms with Crippen LogP contribution >= 0.6 is 0 Å². The predicted octanol–water partition coefficient (Wildman–Crippen LogP) is 0.629. The molecule has 0 aromatic heterocycles. The van der Waals surface area contributed by atoms with Gasteiger partial charge in [0.15, 0.2) is 0 Å². The van der Waals surface area contributed by atoms with E-state index in [4.69, 9.17) is 0 Å². The standard InChI is InChI=1S/C11H18N2O/c1-13(2)11(14)7-12-10-6-8-4-3-5-9(8)10/h3,5,8-10,12H,4,6-7H2,1-2H3. The van der Waals surface area contributed by atoms with Crippen molar-refractivity contribution in [1.29, 1.82) is 0 Å². The Morgan fingerprint density at radius 3 is 3.00 bits per heavy atom. The summed E-state index contributed by atoms with van der Waals surface area (Å²) in [6.07, 6.45) is 7.04. The molecule has 0 aliphatic heterocycles. The molecule has 3 nitrogen and oxygen atoms in total. The van der Waals surface area contributed by atoms with Crippen LogP contribution in [0.3, 0.4) is 0 Å². The largest absolute Gasteiger partial charge is 0.348 e. The molecule has 0 heterocycles. The lowest BCUT2D eigenvalue weighted by Crippen LogP contribution is -2.50. The van der Waals surface area contributed by atoms with Crippen molar-refractivity contribution in [1.82, 2.24) is 10.2 Å². The van der Waals surface area contributed by atoms with Crippen LogP contribution in [0.4, 0.5) is 0 Å². The first-order valence-corrected chi connectivity index (χ1v) is 5.28. The summed E-state index contributed by atoms with van der Waals surface area (Å²) in [7, 11) is 3.59. The maximum Gasteiger partial charge on any atom is 0.236 e. The van der Waals surface area contributed by atoms with Gasteiger partial charge in [0.05, 0.1) is 6.54 Å². The maximum absolute atomic E-state index is 11.3. The number of amides is 1. The number of carbonyl (C=O) groups excluding carboxylic acids is 1. The van der Waals surface area contributed by atoms with Crippen LogP contribution in [-0.4, -0.2) is 37.5 Å². The van der Waals surface area contributed by atoms with E-state index in [9.17, 15) is 4.79 Å². The van der Waals surface area contributed by atoms with Gasteiger partial charge >= 0.3 is 0 Å². The molecule has 78 valence electrons. The van der Waals surface area contributed by atoms with Crippen molar-refractivity contribution in [3.63, 3.8) is 0 Å². The van der Waals surface area contributed by atoms with Crippen molar-refractivity contribution in [3.05, 3.63) is 12.2 Å². The molecule has 14 heavy (non-hydrogen) atoms. The van der Waals surface area contributed by atoms with E-state index >= 15 is 0 Å². The van der Waals surface area contributed by atoms with Gasteiger partial charge in [0.2, 0.25) is 5.91 Å². The smallest absolute Gasteiger partial charge is 0.236 e. The summed E-state index contributed by atoms with van der Waals surface area (Å²) in [6, 6.07) is 0.544. The van der Waals surface area contributed by atoms with E-state index in [1.54, 1.807) is 19.0 Å². The summed E-state index contributed by atoms with van der Waals surface area (Å²) in [5.74, 6) is 1.72. The maximum atomic E-state index is 11.3. The van der Waals surface area contributed by atoms with Crippen molar-refractivity contribution >= 4 is 5.91 Å². The summed E-state index contributed by atoms with van der Waals surface area (Å²) >= 11 is 0. The summed E-state index contributed by atoms with van der Waals surface area (Å²) in [5, 5.41) is 3.33. The molecule has 0 aromatic carbocycles. The second kappa shape index (κ2) is 3.73. The number of fused-ring (bicyclic) bond motifs is 1. The summed E-state index contributed by atoms with van der Waals surface area (Å²) in [6.45, 7) is 0.481. The Labute approximate surface area is 85.2 Å². The number of nitrogens with one attached hydrogen (secondary N) is 1. The highest BCUT2D eigenvalue weighted by Gasteiger charge is 2.40. The van der Waals surface area contributed by atoms with Gasteiger partial charge < -0.3 is 10.2 Å². The number of allylic oxidation sites excluding steroid dienone is 1. The van der Waals surface area contributed by atoms with Gasteiger partial charge in [-0.1, -0.05) is 12.2 Å². The van der Waals surface area contributed by atoms with E-state index < -0.39 is 0 Å². The molecule has 1 saturated carbocycles. The number of hydrogen-bond donors (Lipinski definition) is 1. The van der Waals surface area contributed by atoms with Crippen LogP contribution in [0.25, 0.3) is 0 Å². The van der Waals surface area contributed by atoms with Crippen molar-refractivity contribution in [3.8, 4) is 0 Å². The second-order valence-electron chi connectivity index (χ2n) is 4.51. The lowest BCUT2D eigenvalue weighted by atomic mass is 9.71. The molecule has 3 atom stereocenters. The highest BCUT2D eigenvalue weighted by atomic mass is 16.2. The minimum absolute atomic E-state index is 0.162. The molecule has 0 spiro atoms. The van der Waals surface area contributed by atoms with Crippen molar-refractivity contribution in [2.24, 2.45) is 11.8 Å². The van der Waals surface area contributed by atoms with Crippen LogP contribution in [0, 0.1) is 11.8 Å². The van der Waals surface area contributed by atoms with Gasteiger partial charge in [-0.2, -0.15) is 0 Å². The van der Waals surface area contributed by atoms with E-state index in [2.05, 4.69) is 17.5 Å². The van der Waals surface area contributed by atoms with Gasteiger partial charge in [0.25, 0.3) is 0 Å². The highest BCUT2D eigenvalue weighted by molar-refractivity contribution is 5.77. The predicted molar refractivity (Wildman–Crippen MR) is 55.8 cm³/mol. The topological polar surface area (TPSA) is 32.3 Å². The van der Waals surface area contributed by atoms with Crippen LogP contribution in [-0.2, 0) is 4.79 Å². The van der Waals surface area contributed by atoms with Gasteiger partial charge in [-0.05, 0) is 24.7 Å². The van der Waals surface area contributed by atoms with Gasteiger partial charge in [0, 0.05) is 20.1 Å². The Morgan fingerprint density at radius 2 is 2.36 bits per heavy atom. The molecular formula is C11H18N2O. The lowest BCUT2D eigenvalue weighted by Gasteiger charge is -2.40. The number of likely N-dealkylation sites (N-methyl/N-ethyl adjacent to an activating group) is 1. The minimum Gasteiger partial charge on any atom is -0.348 e. The SMILES string of the molecule is CN(C)C(=O)CNC1CC2CC=CC21. The lowest BCUT2D eigenvalue weighted by molar-refractivity contribution is -0.128. The van der Waals surface area contributed by atoms with E-state index in [-0.39, 0.29) is 5.91 Å². The van der Waals surface area contributed by atoms with Crippen LogP contribution in [0.15, 0.2) is 12.2 Å². The second-order valence-corrected chi connectivity index (χ2v) is 4.51. The molecule has 0 radical (unpaired) electrons. The molecule has 1 N–H and O–H groups in total. The van der Waals surface area contributed by atoms with Gasteiger partial charge in [-0.25, -0.2) is 0 Å². The molecule has 2 aliphatic carbocycles. The van der Waals surface area contributed by atoms with E-state index in [1.165, 1.54) is 12.8 Å². The molecule has 1 fully saturated rings. The Bertz CT molecular complexity index is 260. The Balaban J connectivity index is 1.72. The number of hydrogen-bond acceptors (Lipinski definition) is 2. The fourth-order valence-corrected chi connectivity index (χ4v) is 2.32. The Kier molecular flexibility index (Phi) is 2.59. The van der Waals surface area contributed by atoms with E-state index in [1.807, 2.05) is 0 Å². The van der Waals surface area contributed by atoms with Crippen molar-refractivity contribution in [2.75, 3.05) is 20.6 Å². The first-order valence-electron chi connectivity index (χ1n) is 5.28. The summed E-state index contributed by atoms with van der Waals surface area (Å²) in [5.41, 5.74) is 0. The monoisotopic (exact) mass is 194 g/mol. The third-order valence-electron chi connectivity index (χ3n) is 3.38. The molecule has 3 heteroatoms. The average Bonchev–Trinajstić information content (AvgIpc) is 2.47. The third-order valence-corrected chi connectivity index (χ3v) is 3.38. The van der Waals surface area contributed by atoms with Gasteiger partial charge in [-0.3, -0.25) is 4.79 Å². The fourth-order valence-electron chi connectivity index (χ4n) is 2.32. The van der Waals surface area contributed by atoms with E-state index in [0.29, 0.717) is 18.5 Å². The first-order chi connectivity index (χ1) is 6.68. The van der Waals surface area contributed by atoms with Gasteiger partial charge in [0.1, 0.15) is 0 Å². The quantitative estimate of drug-likeness (QED) is 0.668. The minimum atomic E-state index is 0.162. The first kappa shape index (κ1) is 9.71. The molecule has 1 amide bonds. The van der Waals surface area contributed by atoms with E-state index in [0.717, 1.165) is 5.92 Å². The Hall–Kier alpha value is -0.830. The number of nitrogens with zero attached hydrogens (tertiary/aromatic N) is 1. The zero-order valence-electron chi connectivity index (χ0n) is 8.86. The van der Waals surface area contributed by atoms with Crippen LogP contribution < -0.4 is 5.32 Å².